The second-order valence-electron chi connectivity index (χ2n) is 5.01. The van der Waals surface area contributed by atoms with Crippen LogP contribution in [0.2, 0.25) is 0 Å². The number of hydrogen-bond donors (Lipinski definition) is 3. The molecule has 1 aromatic heterocycles. The summed E-state index contributed by atoms with van der Waals surface area (Å²) in [5.41, 5.74) is 6.50. The van der Waals surface area contributed by atoms with E-state index in [4.69, 9.17) is 15.2 Å². The Kier molecular flexibility index (Phi) is 5.18. The molecule has 0 saturated carbocycles. The number of nitrogen functional groups attached to an aromatic ring is 1. The number of thiophene rings is 1. The predicted molar refractivity (Wildman–Crippen MR) is 97.7 cm³/mol. The van der Waals surface area contributed by atoms with Crippen molar-refractivity contribution in [1.29, 1.82) is 0 Å². The van der Waals surface area contributed by atoms with Gasteiger partial charge in [0.05, 0.1) is 21.7 Å². The molecule has 1 aromatic carbocycles. The highest BCUT2D eigenvalue weighted by Gasteiger charge is 2.19. The van der Waals surface area contributed by atoms with E-state index >= 15 is 0 Å². The van der Waals surface area contributed by atoms with E-state index in [1.807, 2.05) is 0 Å². The lowest BCUT2D eigenvalue weighted by molar-refractivity contribution is -0.115. The fourth-order valence-electron chi connectivity index (χ4n) is 2.08. The molecule has 11 heteroatoms. The van der Waals surface area contributed by atoms with Crippen molar-refractivity contribution >= 4 is 54.6 Å². The minimum absolute atomic E-state index is 0.117. The molecular formula is C14H14BrN3O5S2. The van der Waals surface area contributed by atoms with Crippen LogP contribution < -0.4 is 25.2 Å². The molecule has 1 aliphatic rings. The first-order chi connectivity index (χ1) is 11.8. The van der Waals surface area contributed by atoms with E-state index in [1.165, 1.54) is 6.07 Å². The van der Waals surface area contributed by atoms with Crippen LogP contribution in [0.15, 0.2) is 32.3 Å². The van der Waals surface area contributed by atoms with Crippen molar-refractivity contribution in [1.82, 2.24) is 4.72 Å². The predicted octanol–water partition coefficient (Wildman–Crippen LogP) is 1.78. The highest BCUT2D eigenvalue weighted by Crippen LogP contribution is 2.36. The summed E-state index contributed by atoms with van der Waals surface area (Å²) in [5, 5.41) is 2.56. The van der Waals surface area contributed by atoms with Gasteiger partial charge in [-0.25, -0.2) is 13.1 Å². The third-order valence-electron chi connectivity index (χ3n) is 3.22. The van der Waals surface area contributed by atoms with Crippen LogP contribution in [-0.2, 0) is 14.8 Å². The van der Waals surface area contributed by atoms with Gasteiger partial charge in [-0.1, -0.05) is 0 Å². The Morgan fingerprint density at radius 3 is 2.56 bits per heavy atom. The molecule has 0 unspecified atom stereocenters. The van der Waals surface area contributed by atoms with Crippen LogP contribution in [-0.4, -0.2) is 34.1 Å². The fourth-order valence-corrected chi connectivity index (χ4v) is 5.12. The fraction of sp³-hybridized carbons (Fsp3) is 0.214. The third kappa shape index (κ3) is 4.24. The summed E-state index contributed by atoms with van der Waals surface area (Å²) in [6.45, 7) is 0.408. The molecule has 0 atom stereocenters. The monoisotopic (exact) mass is 447 g/mol. The average Bonchev–Trinajstić information content (AvgIpc) is 3.01. The van der Waals surface area contributed by atoms with Crippen molar-refractivity contribution in [2.24, 2.45) is 0 Å². The van der Waals surface area contributed by atoms with Gasteiger partial charge >= 0.3 is 0 Å². The Morgan fingerprint density at radius 1 is 1.24 bits per heavy atom. The molecule has 0 spiro atoms. The number of rotatable bonds is 5. The minimum atomic E-state index is -3.75. The standard InChI is InChI=1S/C14H14BrN3O5S2/c15-12-1-2-14(24-12)25(20,21)17-7-13(19)18-9-6-11-10(5-8(9)16)22-3-4-23-11/h1-2,5-6,17H,3-4,7,16H2,(H,18,19). The molecule has 0 radical (unpaired) electrons. The summed E-state index contributed by atoms with van der Waals surface area (Å²) in [7, 11) is -3.75. The maximum atomic E-state index is 12.1. The highest BCUT2D eigenvalue weighted by atomic mass is 79.9. The van der Waals surface area contributed by atoms with Gasteiger partial charge in [0.2, 0.25) is 5.91 Å². The summed E-state index contributed by atoms with van der Waals surface area (Å²) in [5.74, 6) is 0.424. The first kappa shape index (κ1) is 18.0. The molecular weight excluding hydrogens is 434 g/mol. The molecule has 0 saturated heterocycles. The molecule has 8 nitrogen and oxygen atoms in total. The lowest BCUT2D eigenvalue weighted by Crippen LogP contribution is -2.32. The summed E-state index contributed by atoms with van der Waals surface area (Å²) < 4.78 is 38.1. The van der Waals surface area contributed by atoms with E-state index in [9.17, 15) is 13.2 Å². The zero-order valence-corrected chi connectivity index (χ0v) is 16.0. The Labute approximate surface area is 156 Å². The van der Waals surface area contributed by atoms with E-state index in [0.717, 1.165) is 11.3 Å². The molecule has 1 amide bonds. The van der Waals surface area contributed by atoms with Gasteiger partial charge in [-0.3, -0.25) is 4.79 Å². The van der Waals surface area contributed by atoms with Gasteiger partial charge in [0.1, 0.15) is 17.4 Å². The van der Waals surface area contributed by atoms with Crippen molar-refractivity contribution in [3.63, 3.8) is 0 Å². The third-order valence-corrected chi connectivity index (χ3v) is 6.74. The lowest BCUT2D eigenvalue weighted by atomic mass is 10.2. The number of amides is 1. The maximum Gasteiger partial charge on any atom is 0.250 e. The summed E-state index contributed by atoms with van der Waals surface area (Å²) in [6.07, 6.45) is 0. The largest absolute Gasteiger partial charge is 0.486 e. The second-order valence-corrected chi connectivity index (χ2v) is 9.47. The van der Waals surface area contributed by atoms with Crippen LogP contribution in [0.5, 0.6) is 11.5 Å². The van der Waals surface area contributed by atoms with Gasteiger partial charge in [-0.15, -0.1) is 11.3 Å². The van der Waals surface area contributed by atoms with Crippen LogP contribution in [0.25, 0.3) is 0 Å². The zero-order chi connectivity index (χ0) is 18.0. The molecule has 0 bridgehead atoms. The van der Waals surface area contributed by atoms with Gasteiger partial charge in [0.15, 0.2) is 11.5 Å². The quantitative estimate of drug-likeness (QED) is 0.600. The number of carbonyl (C=O) groups excluding carboxylic acids is 1. The molecule has 1 aliphatic heterocycles. The Hall–Kier alpha value is -1.82. The molecule has 25 heavy (non-hydrogen) atoms. The van der Waals surface area contributed by atoms with Gasteiger partial charge in [0, 0.05) is 12.1 Å². The van der Waals surface area contributed by atoms with Crippen molar-refractivity contribution in [3.8, 4) is 11.5 Å². The maximum absolute atomic E-state index is 12.1. The normalized spacial score (nSPS) is 13.5. The van der Waals surface area contributed by atoms with Crippen LogP contribution in [0.1, 0.15) is 0 Å². The first-order valence-electron chi connectivity index (χ1n) is 7.09. The number of halogens is 1. The van der Waals surface area contributed by atoms with Crippen LogP contribution in [0.3, 0.4) is 0 Å². The number of fused-ring (bicyclic) bond motifs is 1. The van der Waals surface area contributed by atoms with Crippen molar-refractivity contribution < 1.29 is 22.7 Å². The number of nitrogens with two attached hydrogens (primary N) is 1. The number of nitrogens with one attached hydrogen (secondary N) is 2. The summed E-state index contributed by atoms with van der Waals surface area (Å²) in [4.78, 5) is 12.0. The Morgan fingerprint density at radius 2 is 1.92 bits per heavy atom. The van der Waals surface area contributed by atoms with E-state index in [-0.39, 0.29) is 4.21 Å². The molecule has 2 heterocycles. The number of carbonyl (C=O) groups is 1. The number of sulfonamides is 1. The van der Waals surface area contributed by atoms with E-state index < -0.39 is 22.5 Å². The van der Waals surface area contributed by atoms with Crippen molar-refractivity contribution in [2.75, 3.05) is 30.8 Å². The number of anilines is 2. The van der Waals surface area contributed by atoms with Crippen LogP contribution in [0, 0.1) is 0 Å². The highest BCUT2D eigenvalue weighted by molar-refractivity contribution is 9.11. The summed E-state index contributed by atoms with van der Waals surface area (Å²) in [6, 6.07) is 6.17. The first-order valence-corrected chi connectivity index (χ1v) is 10.2. The van der Waals surface area contributed by atoms with Gasteiger partial charge in [-0.2, -0.15) is 0 Å². The van der Waals surface area contributed by atoms with Gasteiger partial charge < -0.3 is 20.5 Å². The molecule has 134 valence electrons. The second kappa shape index (κ2) is 7.20. The minimum Gasteiger partial charge on any atom is -0.486 e. The molecule has 0 fully saturated rings. The molecule has 2 aromatic rings. The zero-order valence-electron chi connectivity index (χ0n) is 12.7. The number of hydrogen-bond acceptors (Lipinski definition) is 7. The van der Waals surface area contributed by atoms with Gasteiger partial charge in [0.25, 0.3) is 10.0 Å². The van der Waals surface area contributed by atoms with E-state index in [2.05, 4.69) is 26.0 Å². The van der Waals surface area contributed by atoms with Gasteiger partial charge in [-0.05, 0) is 28.1 Å². The Balaban J connectivity index is 1.65. The topological polar surface area (TPSA) is 120 Å². The van der Waals surface area contributed by atoms with Crippen molar-refractivity contribution in [2.45, 2.75) is 4.21 Å². The van der Waals surface area contributed by atoms with Crippen molar-refractivity contribution in [3.05, 3.63) is 28.1 Å². The average molecular weight is 448 g/mol. The summed E-state index contributed by atoms with van der Waals surface area (Å²) >= 11 is 4.25. The lowest BCUT2D eigenvalue weighted by Gasteiger charge is -2.20. The van der Waals surface area contributed by atoms with Crippen LogP contribution in [0.4, 0.5) is 11.4 Å². The molecule has 3 rings (SSSR count). The van der Waals surface area contributed by atoms with Crippen LogP contribution >= 0.6 is 27.3 Å². The number of ether oxygens (including phenoxy) is 2. The van der Waals surface area contributed by atoms with E-state index in [1.54, 1.807) is 18.2 Å². The molecule has 0 aliphatic carbocycles. The number of benzene rings is 1. The Bertz CT molecular complexity index is 913. The smallest absolute Gasteiger partial charge is 0.250 e. The van der Waals surface area contributed by atoms with E-state index in [0.29, 0.717) is 39.9 Å². The molecule has 4 N–H and O–H groups in total. The SMILES string of the molecule is Nc1cc2c(cc1NC(=O)CNS(=O)(=O)c1ccc(Br)s1)OCCO2.